The molecule has 0 saturated carbocycles. The highest BCUT2D eigenvalue weighted by atomic mass is 16.5. The van der Waals surface area contributed by atoms with E-state index in [0.29, 0.717) is 17.9 Å². The lowest BCUT2D eigenvalue weighted by Crippen LogP contribution is -2.52. The summed E-state index contributed by atoms with van der Waals surface area (Å²) in [5.74, 6) is 0.262. The molecule has 6 nitrogen and oxygen atoms in total. The molecule has 1 amide bonds. The first-order valence-corrected chi connectivity index (χ1v) is 6.24. The number of rotatable bonds is 2. The fraction of sp³-hybridized carbons (Fsp3) is 0.667. The van der Waals surface area contributed by atoms with Gasteiger partial charge in [0.1, 0.15) is 0 Å². The number of hydrogen-bond donors (Lipinski definition) is 0. The molecule has 0 spiro atoms. The van der Waals surface area contributed by atoms with Crippen molar-refractivity contribution in [3.05, 3.63) is 18.0 Å². The molecule has 3 heterocycles. The second-order valence-corrected chi connectivity index (χ2v) is 4.87. The van der Waals surface area contributed by atoms with Gasteiger partial charge in [0.15, 0.2) is 0 Å². The zero-order chi connectivity index (χ0) is 12.5. The topological polar surface area (TPSA) is 58.8 Å². The number of fused-ring (bicyclic) bond motifs is 1. The van der Waals surface area contributed by atoms with Crippen molar-refractivity contribution in [2.75, 3.05) is 33.3 Å². The maximum absolute atomic E-state index is 12.1. The molecule has 18 heavy (non-hydrogen) atoms. The van der Waals surface area contributed by atoms with Gasteiger partial charge in [-0.1, -0.05) is 5.16 Å². The van der Waals surface area contributed by atoms with Crippen molar-refractivity contribution in [2.24, 2.45) is 0 Å². The summed E-state index contributed by atoms with van der Waals surface area (Å²) in [6, 6.07) is 2.02. The van der Waals surface area contributed by atoms with Gasteiger partial charge in [0, 0.05) is 45.4 Å². The number of carbonyl (C=O) groups is 1. The average molecular weight is 251 g/mol. The Bertz CT molecular complexity index is 420. The van der Waals surface area contributed by atoms with E-state index in [2.05, 4.69) is 10.1 Å². The quantitative estimate of drug-likeness (QED) is 0.752. The number of piperazine rings is 1. The molecule has 2 atom stereocenters. The predicted molar refractivity (Wildman–Crippen MR) is 63.2 cm³/mol. The van der Waals surface area contributed by atoms with Crippen LogP contribution in [0.3, 0.4) is 0 Å². The van der Waals surface area contributed by atoms with Crippen LogP contribution in [0.15, 0.2) is 16.8 Å². The van der Waals surface area contributed by atoms with E-state index >= 15 is 0 Å². The molecule has 98 valence electrons. The first-order valence-electron chi connectivity index (χ1n) is 6.24. The lowest BCUT2D eigenvalue weighted by Gasteiger charge is -2.36. The summed E-state index contributed by atoms with van der Waals surface area (Å²) in [5.41, 5.74) is 0. The van der Waals surface area contributed by atoms with Gasteiger partial charge in [0.25, 0.3) is 5.91 Å². The van der Waals surface area contributed by atoms with Crippen LogP contribution in [-0.4, -0.2) is 66.3 Å². The van der Waals surface area contributed by atoms with E-state index in [-0.39, 0.29) is 5.91 Å². The van der Waals surface area contributed by atoms with Crippen LogP contribution in [0.25, 0.3) is 0 Å². The van der Waals surface area contributed by atoms with Crippen LogP contribution >= 0.6 is 0 Å². The summed E-state index contributed by atoms with van der Waals surface area (Å²) >= 11 is 0. The third-order valence-corrected chi connectivity index (χ3v) is 3.85. The minimum absolute atomic E-state index is 0.0620. The number of nitrogens with zero attached hydrogens (tertiary/aromatic N) is 3. The third-order valence-electron chi connectivity index (χ3n) is 3.85. The van der Waals surface area contributed by atoms with Crippen LogP contribution in [0.5, 0.6) is 0 Å². The standard InChI is InChI=1S/C12H17N3O3/c1-17-10-6-9-7-15(5-4-14(9)8-10)12(16)11-2-3-13-18-11/h2-3,9-10H,4-8H2,1H3/t9-,10+/m0/s1. The van der Waals surface area contributed by atoms with Gasteiger partial charge in [-0.15, -0.1) is 0 Å². The molecule has 2 aliphatic heterocycles. The lowest BCUT2D eigenvalue weighted by molar-refractivity contribution is 0.0528. The molecule has 0 unspecified atom stereocenters. The van der Waals surface area contributed by atoms with E-state index in [1.807, 2.05) is 4.90 Å². The Morgan fingerprint density at radius 2 is 2.39 bits per heavy atom. The Morgan fingerprint density at radius 1 is 1.50 bits per heavy atom. The van der Waals surface area contributed by atoms with Crippen LogP contribution in [0, 0.1) is 0 Å². The molecule has 0 N–H and O–H groups in total. The third kappa shape index (κ3) is 2.02. The van der Waals surface area contributed by atoms with Crippen molar-refractivity contribution in [3.63, 3.8) is 0 Å². The molecule has 3 rings (SSSR count). The van der Waals surface area contributed by atoms with Gasteiger partial charge in [-0.05, 0) is 6.42 Å². The molecule has 0 radical (unpaired) electrons. The zero-order valence-corrected chi connectivity index (χ0v) is 10.4. The molecular formula is C12H17N3O3. The van der Waals surface area contributed by atoms with E-state index in [0.717, 1.165) is 32.6 Å². The van der Waals surface area contributed by atoms with Gasteiger partial charge in [0.05, 0.1) is 12.3 Å². The van der Waals surface area contributed by atoms with E-state index in [4.69, 9.17) is 9.26 Å². The second-order valence-electron chi connectivity index (χ2n) is 4.87. The minimum Gasteiger partial charge on any atom is -0.380 e. The van der Waals surface area contributed by atoms with E-state index in [1.54, 1.807) is 13.2 Å². The first kappa shape index (κ1) is 11.7. The molecule has 0 aliphatic carbocycles. The van der Waals surface area contributed by atoms with E-state index in [9.17, 15) is 4.79 Å². The van der Waals surface area contributed by atoms with E-state index in [1.165, 1.54) is 6.20 Å². The summed E-state index contributed by atoms with van der Waals surface area (Å²) in [5, 5.41) is 3.58. The van der Waals surface area contributed by atoms with Crippen molar-refractivity contribution in [2.45, 2.75) is 18.6 Å². The minimum atomic E-state index is -0.0620. The van der Waals surface area contributed by atoms with Crippen molar-refractivity contribution in [1.29, 1.82) is 0 Å². The predicted octanol–water partition coefficient (Wildman–Crippen LogP) is 0.220. The Labute approximate surface area is 105 Å². The smallest absolute Gasteiger partial charge is 0.292 e. The van der Waals surface area contributed by atoms with Crippen LogP contribution in [-0.2, 0) is 4.74 Å². The Morgan fingerprint density at radius 3 is 3.11 bits per heavy atom. The van der Waals surface area contributed by atoms with Gasteiger partial charge < -0.3 is 14.2 Å². The van der Waals surface area contributed by atoms with Gasteiger partial charge in [-0.3, -0.25) is 9.69 Å². The monoisotopic (exact) mass is 251 g/mol. The molecule has 6 heteroatoms. The molecular weight excluding hydrogens is 234 g/mol. The van der Waals surface area contributed by atoms with Gasteiger partial charge in [-0.25, -0.2) is 0 Å². The van der Waals surface area contributed by atoms with Crippen LogP contribution in [0.4, 0.5) is 0 Å². The molecule has 0 bridgehead atoms. The summed E-state index contributed by atoms with van der Waals surface area (Å²) in [6.07, 6.45) is 2.80. The molecule has 0 aromatic carbocycles. The lowest BCUT2D eigenvalue weighted by atomic mass is 10.1. The normalized spacial score (nSPS) is 28.4. The van der Waals surface area contributed by atoms with E-state index < -0.39 is 0 Å². The van der Waals surface area contributed by atoms with Crippen LogP contribution < -0.4 is 0 Å². The zero-order valence-electron chi connectivity index (χ0n) is 10.4. The van der Waals surface area contributed by atoms with Crippen molar-refractivity contribution >= 4 is 5.91 Å². The van der Waals surface area contributed by atoms with Crippen LogP contribution in [0.1, 0.15) is 17.0 Å². The molecule has 2 aliphatic rings. The molecule has 1 aromatic rings. The first-order chi connectivity index (χ1) is 8.78. The SMILES string of the molecule is CO[C@@H]1C[C@H]2CN(C(=O)c3ccno3)CCN2C1. The summed E-state index contributed by atoms with van der Waals surface area (Å²) in [4.78, 5) is 16.4. The number of carbonyl (C=O) groups excluding carboxylic acids is 1. The fourth-order valence-electron chi connectivity index (χ4n) is 2.83. The molecule has 2 saturated heterocycles. The van der Waals surface area contributed by atoms with Crippen molar-refractivity contribution in [1.82, 2.24) is 15.0 Å². The number of methoxy groups -OCH3 is 1. The Balaban J connectivity index is 1.66. The van der Waals surface area contributed by atoms with Crippen molar-refractivity contribution < 1.29 is 14.1 Å². The second kappa shape index (κ2) is 4.70. The number of amides is 1. The van der Waals surface area contributed by atoms with Gasteiger partial charge in [-0.2, -0.15) is 0 Å². The number of hydrogen-bond acceptors (Lipinski definition) is 5. The fourth-order valence-corrected chi connectivity index (χ4v) is 2.83. The summed E-state index contributed by atoms with van der Waals surface area (Å²) < 4.78 is 10.3. The van der Waals surface area contributed by atoms with Crippen LogP contribution in [0.2, 0.25) is 0 Å². The van der Waals surface area contributed by atoms with Gasteiger partial charge in [0.2, 0.25) is 5.76 Å². The maximum atomic E-state index is 12.1. The Hall–Kier alpha value is -1.40. The van der Waals surface area contributed by atoms with Gasteiger partial charge >= 0.3 is 0 Å². The summed E-state index contributed by atoms with van der Waals surface area (Å²) in [6.45, 7) is 3.38. The maximum Gasteiger partial charge on any atom is 0.292 e. The Kier molecular flexibility index (Phi) is 3.05. The largest absolute Gasteiger partial charge is 0.380 e. The highest BCUT2D eigenvalue weighted by molar-refractivity contribution is 5.91. The highest BCUT2D eigenvalue weighted by Gasteiger charge is 2.38. The summed E-state index contributed by atoms with van der Waals surface area (Å²) in [7, 11) is 1.75. The molecule has 2 fully saturated rings. The average Bonchev–Trinajstić information content (AvgIpc) is 3.05. The molecule has 1 aromatic heterocycles. The number of ether oxygens (including phenoxy) is 1. The highest BCUT2D eigenvalue weighted by Crippen LogP contribution is 2.24. The number of aromatic nitrogens is 1. The van der Waals surface area contributed by atoms with Crippen molar-refractivity contribution in [3.8, 4) is 0 Å².